The van der Waals surface area contributed by atoms with Gasteiger partial charge in [-0.25, -0.2) is 0 Å². The van der Waals surface area contributed by atoms with Gasteiger partial charge in [-0.15, -0.1) is 11.8 Å². The summed E-state index contributed by atoms with van der Waals surface area (Å²) in [6.07, 6.45) is 2.66. The molecule has 1 nitrogen and oxygen atoms in total. The first-order chi connectivity index (χ1) is 7.35. The van der Waals surface area contributed by atoms with Crippen molar-refractivity contribution in [3.63, 3.8) is 0 Å². The Morgan fingerprint density at radius 3 is 2.53 bits per heavy atom. The summed E-state index contributed by atoms with van der Waals surface area (Å²) >= 11 is 1.98. The minimum atomic E-state index is 0.613. The van der Waals surface area contributed by atoms with E-state index in [1.807, 2.05) is 11.8 Å². The number of rotatable bonds is 5. The normalized spacial score (nSPS) is 18.5. The minimum Gasteiger partial charge on any atom is -0.316 e. The van der Waals surface area contributed by atoms with Crippen molar-refractivity contribution in [3.8, 4) is 0 Å². The van der Waals surface area contributed by atoms with Crippen molar-refractivity contribution in [3.05, 3.63) is 30.3 Å². The Balaban J connectivity index is 1.75. The van der Waals surface area contributed by atoms with Crippen molar-refractivity contribution in [2.75, 3.05) is 18.8 Å². The molecule has 0 saturated carbocycles. The maximum Gasteiger partial charge on any atom is 0.00719 e. The fourth-order valence-corrected chi connectivity index (χ4v) is 3.10. The molecule has 1 N–H and O–H groups in total. The zero-order valence-electron chi connectivity index (χ0n) is 9.33. The molecule has 1 aliphatic heterocycles. The number of hydrogen-bond donors (Lipinski definition) is 1. The molecule has 1 aliphatic rings. The van der Waals surface area contributed by atoms with E-state index in [0.29, 0.717) is 5.41 Å². The lowest BCUT2D eigenvalue weighted by molar-refractivity contribution is 0.156. The van der Waals surface area contributed by atoms with Gasteiger partial charge in [0, 0.05) is 18.0 Å². The van der Waals surface area contributed by atoms with Crippen LogP contribution in [0.4, 0.5) is 0 Å². The van der Waals surface area contributed by atoms with E-state index < -0.39 is 0 Å². The minimum absolute atomic E-state index is 0.613. The number of nitrogens with one attached hydrogen (secondary N) is 1. The van der Waals surface area contributed by atoms with Crippen LogP contribution >= 0.6 is 11.8 Å². The Kier molecular flexibility index (Phi) is 3.71. The summed E-state index contributed by atoms with van der Waals surface area (Å²) in [5.41, 5.74) is 0.613. The summed E-state index contributed by atoms with van der Waals surface area (Å²) in [5.74, 6) is 1.25. The van der Waals surface area contributed by atoms with Gasteiger partial charge in [0.15, 0.2) is 0 Å². The lowest BCUT2D eigenvalue weighted by Crippen LogP contribution is -2.53. The van der Waals surface area contributed by atoms with Gasteiger partial charge in [0.25, 0.3) is 0 Å². The predicted octanol–water partition coefficient (Wildman–Crippen LogP) is 3.17. The van der Waals surface area contributed by atoms with E-state index in [1.165, 1.54) is 36.6 Å². The highest BCUT2D eigenvalue weighted by molar-refractivity contribution is 7.99. The Hall–Kier alpha value is -0.470. The fraction of sp³-hybridized carbons (Fsp3) is 0.538. The van der Waals surface area contributed by atoms with Crippen LogP contribution in [0, 0.1) is 5.41 Å². The average Bonchev–Trinajstić information content (AvgIpc) is 2.24. The molecule has 1 aromatic rings. The third-order valence-corrected chi connectivity index (χ3v) is 4.41. The molecular weight excluding hydrogens is 202 g/mol. The lowest BCUT2D eigenvalue weighted by Gasteiger charge is -2.42. The Morgan fingerprint density at radius 2 is 2.00 bits per heavy atom. The quantitative estimate of drug-likeness (QED) is 0.767. The van der Waals surface area contributed by atoms with Crippen LogP contribution in [0.15, 0.2) is 35.2 Å². The van der Waals surface area contributed by atoms with Crippen LogP contribution in [0.3, 0.4) is 0 Å². The molecule has 1 saturated heterocycles. The molecule has 1 heterocycles. The van der Waals surface area contributed by atoms with E-state index in [-0.39, 0.29) is 0 Å². The van der Waals surface area contributed by atoms with Gasteiger partial charge in [0.1, 0.15) is 0 Å². The molecule has 0 unspecified atom stereocenters. The van der Waals surface area contributed by atoms with Crippen molar-refractivity contribution in [1.29, 1.82) is 0 Å². The molecule has 2 heteroatoms. The summed E-state index contributed by atoms with van der Waals surface area (Å²) in [5, 5.41) is 3.39. The second-order valence-corrected chi connectivity index (χ2v) is 5.54. The smallest absolute Gasteiger partial charge is 0.00719 e. The van der Waals surface area contributed by atoms with E-state index >= 15 is 0 Å². The van der Waals surface area contributed by atoms with E-state index in [2.05, 4.69) is 42.6 Å². The Labute approximate surface area is 96.7 Å². The van der Waals surface area contributed by atoms with E-state index in [9.17, 15) is 0 Å². The lowest BCUT2D eigenvalue weighted by atomic mass is 9.77. The predicted molar refractivity (Wildman–Crippen MR) is 67.4 cm³/mol. The van der Waals surface area contributed by atoms with Gasteiger partial charge in [-0.05, 0) is 36.1 Å². The third-order valence-electron chi connectivity index (χ3n) is 3.39. The molecule has 0 bridgehead atoms. The topological polar surface area (TPSA) is 12.0 Å². The van der Waals surface area contributed by atoms with Crippen molar-refractivity contribution in [2.24, 2.45) is 5.41 Å². The van der Waals surface area contributed by atoms with Crippen molar-refractivity contribution >= 4 is 11.8 Å². The summed E-state index contributed by atoms with van der Waals surface area (Å²) in [7, 11) is 0. The SMILES string of the molecule is CCC1(CCSc2ccccc2)CNC1. The molecule has 82 valence electrons. The Morgan fingerprint density at radius 1 is 1.27 bits per heavy atom. The summed E-state index contributed by atoms with van der Waals surface area (Å²) < 4.78 is 0. The number of hydrogen-bond acceptors (Lipinski definition) is 2. The van der Waals surface area contributed by atoms with Crippen LogP contribution in [-0.4, -0.2) is 18.8 Å². The van der Waals surface area contributed by atoms with Gasteiger partial charge >= 0.3 is 0 Å². The van der Waals surface area contributed by atoms with Crippen LogP contribution in [0.1, 0.15) is 19.8 Å². The molecular formula is C13H19NS. The van der Waals surface area contributed by atoms with Gasteiger partial charge in [-0.3, -0.25) is 0 Å². The highest BCUT2D eigenvalue weighted by atomic mass is 32.2. The van der Waals surface area contributed by atoms with Crippen LogP contribution in [0.25, 0.3) is 0 Å². The maximum atomic E-state index is 3.39. The molecule has 0 atom stereocenters. The second-order valence-electron chi connectivity index (χ2n) is 4.37. The molecule has 0 amide bonds. The van der Waals surface area contributed by atoms with Crippen LogP contribution in [-0.2, 0) is 0 Å². The van der Waals surface area contributed by atoms with Gasteiger partial charge in [0.2, 0.25) is 0 Å². The highest BCUT2D eigenvalue weighted by Gasteiger charge is 2.34. The van der Waals surface area contributed by atoms with Crippen LogP contribution < -0.4 is 5.32 Å². The standard InChI is InChI=1S/C13H19NS/c1-2-13(10-14-11-13)8-9-15-12-6-4-3-5-7-12/h3-7,14H,2,8-11H2,1H3. The fourth-order valence-electron chi connectivity index (χ4n) is 1.98. The molecule has 0 radical (unpaired) electrons. The van der Waals surface area contributed by atoms with Crippen molar-refractivity contribution in [1.82, 2.24) is 5.32 Å². The zero-order valence-corrected chi connectivity index (χ0v) is 10.1. The molecule has 2 rings (SSSR count). The third kappa shape index (κ3) is 2.76. The van der Waals surface area contributed by atoms with Gasteiger partial charge in [-0.2, -0.15) is 0 Å². The number of benzene rings is 1. The molecule has 0 aromatic heterocycles. The summed E-state index contributed by atoms with van der Waals surface area (Å²) in [6.45, 7) is 4.76. The first-order valence-electron chi connectivity index (χ1n) is 5.73. The molecule has 0 spiro atoms. The highest BCUT2D eigenvalue weighted by Crippen LogP contribution is 2.33. The summed E-state index contributed by atoms with van der Waals surface area (Å²) in [4.78, 5) is 1.40. The number of thioether (sulfide) groups is 1. The van der Waals surface area contributed by atoms with E-state index in [0.717, 1.165) is 0 Å². The molecule has 0 aliphatic carbocycles. The molecule has 15 heavy (non-hydrogen) atoms. The first-order valence-corrected chi connectivity index (χ1v) is 6.72. The molecule has 1 aromatic carbocycles. The average molecular weight is 221 g/mol. The van der Waals surface area contributed by atoms with E-state index in [4.69, 9.17) is 0 Å². The monoisotopic (exact) mass is 221 g/mol. The molecule has 1 fully saturated rings. The van der Waals surface area contributed by atoms with E-state index in [1.54, 1.807) is 0 Å². The largest absolute Gasteiger partial charge is 0.316 e. The first kappa shape index (κ1) is 11.0. The van der Waals surface area contributed by atoms with Gasteiger partial charge in [-0.1, -0.05) is 25.1 Å². The summed E-state index contributed by atoms with van der Waals surface area (Å²) in [6, 6.07) is 10.7. The van der Waals surface area contributed by atoms with Gasteiger partial charge in [0.05, 0.1) is 0 Å². The van der Waals surface area contributed by atoms with Crippen molar-refractivity contribution < 1.29 is 0 Å². The van der Waals surface area contributed by atoms with Crippen LogP contribution in [0.2, 0.25) is 0 Å². The van der Waals surface area contributed by atoms with Gasteiger partial charge < -0.3 is 5.32 Å². The Bertz CT molecular complexity index is 287. The van der Waals surface area contributed by atoms with Crippen LogP contribution in [0.5, 0.6) is 0 Å². The van der Waals surface area contributed by atoms with Crippen molar-refractivity contribution in [2.45, 2.75) is 24.7 Å². The zero-order chi connectivity index (χ0) is 10.6. The maximum absolute atomic E-state index is 3.39. The second kappa shape index (κ2) is 5.04.